The molecule has 0 spiro atoms. The minimum absolute atomic E-state index is 0.192. The van der Waals surface area contributed by atoms with E-state index >= 15 is 0 Å². The molecule has 2 heterocycles. The van der Waals surface area contributed by atoms with Crippen LogP contribution in [0, 0.1) is 19.8 Å². The van der Waals surface area contributed by atoms with Crippen LogP contribution in [-0.4, -0.2) is 23.9 Å². The van der Waals surface area contributed by atoms with E-state index in [1.165, 1.54) is 4.90 Å². The summed E-state index contributed by atoms with van der Waals surface area (Å²) < 4.78 is 0. The molecule has 2 atom stereocenters. The monoisotopic (exact) mass is 257 g/mol. The quantitative estimate of drug-likeness (QED) is 0.722. The largest absolute Gasteiger partial charge is 0.274 e. The molecule has 98 valence electrons. The van der Waals surface area contributed by atoms with E-state index in [2.05, 4.69) is 10.2 Å². The molecule has 5 nitrogen and oxygen atoms in total. The van der Waals surface area contributed by atoms with Crippen molar-refractivity contribution < 1.29 is 9.59 Å². The molecule has 0 N–H and O–H groups in total. The number of carbonyl (C=O) groups is 2. The highest BCUT2D eigenvalue weighted by molar-refractivity contribution is 6.25. The summed E-state index contributed by atoms with van der Waals surface area (Å²) in [5.41, 5.74) is 1.69. The van der Waals surface area contributed by atoms with Gasteiger partial charge in [0.15, 0.2) is 5.54 Å². The summed E-state index contributed by atoms with van der Waals surface area (Å²) in [6.45, 7) is 5.90. The first-order chi connectivity index (χ1) is 8.93. The molecule has 2 amide bonds. The van der Waals surface area contributed by atoms with Crippen molar-refractivity contribution in [3.8, 4) is 0 Å². The van der Waals surface area contributed by atoms with E-state index in [1.807, 2.05) is 32.0 Å². The zero-order valence-corrected chi connectivity index (χ0v) is 11.2. The average Bonchev–Trinajstić information content (AvgIpc) is 2.77. The number of nitrogens with zero attached hydrogens (tertiary/aromatic N) is 3. The second kappa shape index (κ2) is 3.73. The van der Waals surface area contributed by atoms with Gasteiger partial charge in [0.2, 0.25) is 5.91 Å². The van der Waals surface area contributed by atoms with Gasteiger partial charge in [-0.3, -0.25) is 9.59 Å². The van der Waals surface area contributed by atoms with Gasteiger partial charge in [-0.1, -0.05) is 6.07 Å². The molecule has 5 heteroatoms. The van der Waals surface area contributed by atoms with Gasteiger partial charge in [0.05, 0.1) is 18.2 Å². The van der Waals surface area contributed by atoms with Gasteiger partial charge in [-0.15, -0.1) is 0 Å². The number of rotatable bonds is 1. The van der Waals surface area contributed by atoms with Crippen LogP contribution in [0.25, 0.3) is 0 Å². The summed E-state index contributed by atoms with van der Waals surface area (Å²) in [6.07, 6.45) is 0. The molecular weight excluding hydrogens is 242 g/mol. The van der Waals surface area contributed by atoms with Gasteiger partial charge in [0.1, 0.15) is 0 Å². The van der Waals surface area contributed by atoms with Gasteiger partial charge in [-0.05, 0) is 44.0 Å². The number of azo groups is 1. The Bertz CT molecular complexity index is 603. The lowest BCUT2D eigenvalue weighted by molar-refractivity contribution is -0.122. The summed E-state index contributed by atoms with van der Waals surface area (Å²) in [5.74, 6) is -0.905. The summed E-state index contributed by atoms with van der Waals surface area (Å²) in [7, 11) is 0. The van der Waals surface area contributed by atoms with Crippen LogP contribution >= 0.6 is 0 Å². The van der Waals surface area contributed by atoms with Crippen molar-refractivity contribution in [1.29, 1.82) is 0 Å². The van der Waals surface area contributed by atoms with Gasteiger partial charge in [0.25, 0.3) is 5.91 Å². The Balaban J connectivity index is 2.09. The van der Waals surface area contributed by atoms with Crippen molar-refractivity contribution in [3.05, 3.63) is 29.3 Å². The molecule has 0 saturated carbocycles. The van der Waals surface area contributed by atoms with Crippen LogP contribution in [0.1, 0.15) is 18.1 Å². The summed E-state index contributed by atoms with van der Waals surface area (Å²) in [6, 6.07) is 5.71. The number of aryl methyl sites for hydroxylation is 2. The molecule has 0 aliphatic carbocycles. The van der Waals surface area contributed by atoms with Crippen molar-refractivity contribution in [3.63, 3.8) is 0 Å². The third kappa shape index (κ3) is 1.54. The third-order valence-electron chi connectivity index (χ3n) is 3.84. The second-order valence-electron chi connectivity index (χ2n) is 5.45. The Morgan fingerprint density at radius 1 is 1.21 bits per heavy atom. The van der Waals surface area contributed by atoms with E-state index < -0.39 is 11.5 Å². The molecule has 2 aliphatic rings. The predicted molar refractivity (Wildman–Crippen MR) is 70.0 cm³/mol. The number of amides is 2. The van der Waals surface area contributed by atoms with Crippen molar-refractivity contribution in [2.24, 2.45) is 16.1 Å². The molecule has 1 saturated heterocycles. The molecule has 2 aliphatic heterocycles. The Morgan fingerprint density at radius 2 is 1.84 bits per heavy atom. The first-order valence-electron chi connectivity index (χ1n) is 6.29. The molecule has 1 fully saturated rings. The summed E-state index contributed by atoms with van der Waals surface area (Å²) >= 11 is 0. The number of carbonyl (C=O) groups excluding carboxylic acids is 2. The molecule has 1 aromatic rings. The van der Waals surface area contributed by atoms with Crippen molar-refractivity contribution in [2.75, 3.05) is 11.4 Å². The highest BCUT2D eigenvalue weighted by Gasteiger charge is 2.59. The van der Waals surface area contributed by atoms with Crippen molar-refractivity contribution in [2.45, 2.75) is 26.3 Å². The van der Waals surface area contributed by atoms with Crippen LogP contribution in [0.5, 0.6) is 0 Å². The Hall–Kier alpha value is -2.04. The number of imide groups is 1. The number of fused-ring (bicyclic) bond motifs is 1. The predicted octanol–water partition coefficient (Wildman–Crippen LogP) is 2.02. The van der Waals surface area contributed by atoms with E-state index in [4.69, 9.17) is 0 Å². The van der Waals surface area contributed by atoms with Crippen LogP contribution in [-0.2, 0) is 9.59 Å². The van der Waals surface area contributed by atoms with Gasteiger partial charge >= 0.3 is 0 Å². The summed E-state index contributed by atoms with van der Waals surface area (Å²) in [4.78, 5) is 26.2. The Kier molecular flexibility index (Phi) is 2.36. The van der Waals surface area contributed by atoms with Crippen LogP contribution in [0.3, 0.4) is 0 Å². The Morgan fingerprint density at radius 3 is 2.42 bits per heavy atom. The van der Waals surface area contributed by atoms with Gasteiger partial charge < -0.3 is 0 Å². The first kappa shape index (κ1) is 12.0. The fourth-order valence-corrected chi connectivity index (χ4v) is 2.83. The van der Waals surface area contributed by atoms with Gasteiger partial charge in [-0.25, -0.2) is 4.90 Å². The first-order valence-corrected chi connectivity index (χ1v) is 6.29. The highest BCUT2D eigenvalue weighted by atomic mass is 16.2. The fourth-order valence-electron chi connectivity index (χ4n) is 2.83. The topological polar surface area (TPSA) is 62.1 Å². The van der Waals surface area contributed by atoms with Gasteiger partial charge in [0, 0.05) is 0 Å². The molecule has 3 rings (SSSR count). The number of anilines is 1. The molecule has 0 bridgehead atoms. The molecule has 0 radical (unpaired) electrons. The maximum Gasteiger partial charge on any atom is 0.264 e. The zero-order chi connectivity index (χ0) is 13.8. The lowest BCUT2D eigenvalue weighted by atomic mass is 9.90. The lowest BCUT2D eigenvalue weighted by Gasteiger charge is -2.18. The highest BCUT2D eigenvalue weighted by Crippen LogP contribution is 2.40. The van der Waals surface area contributed by atoms with E-state index in [0.29, 0.717) is 12.2 Å². The van der Waals surface area contributed by atoms with Crippen LogP contribution in [0.15, 0.2) is 28.4 Å². The molecular formula is C14H15N3O2. The number of benzene rings is 1. The maximum atomic E-state index is 12.5. The number of hydrogen-bond donors (Lipinski definition) is 0. The third-order valence-corrected chi connectivity index (χ3v) is 3.84. The van der Waals surface area contributed by atoms with E-state index in [0.717, 1.165) is 11.1 Å². The van der Waals surface area contributed by atoms with Crippen LogP contribution < -0.4 is 4.90 Å². The maximum absolute atomic E-state index is 12.5. The van der Waals surface area contributed by atoms with Gasteiger partial charge in [-0.2, -0.15) is 10.2 Å². The molecule has 0 aromatic heterocycles. The van der Waals surface area contributed by atoms with E-state index in [1.54, 1.807) is 6.92 Å². The minimum Gasteiger partial charge on any atom is -0.274 e. The van der Waals surface area contributed by atoms with Crippen LogP contribution in [0.2, 0.25) is 0 Å². The minimum atomic E-state index is -1.01. The smallest absolute Gasteiger partial charge is 0.264 e. The normalized spacial score (nSPS) is 29.2. The van der Waals surface area contributed by atoms with E-state index in [9.17, 15) is 9.59 Å². The SMILES string of the molecule is Cc1cc(C)cc(N2C(=O)C3CN=NC3(C)C2=O)c1. The lowest BCUT2D eigenvalue weighted by Crippen LogP contribution is -2.37. The summed E-state index contributed by atoms with van der Waals surface area (Å²) in [5, 5.41) is 7.85. The Labute approximate surface area is 111 Å². The van der Waals surface area contributed by atoms with Crippen molar-refractivity contribution >= 4 is 17.5 Å². The standard InChI is InChI=1S/C14H15N3O2/c1-8-4-9(2)6-10(5-8)17-12(18)11-7-15-16-14(11,3)13(17)19/h4-6,11H,7H2,1-3H3. The average molecular weight is 257 g/mol. The van der Waals surface area contributed by atoms with Crippen LogP contribution in [0.4, 0.5) is 5.69 Å². The molecule has 1 aromatic carbocycles. The van der Waals surface area contributed by atoms with E-state index in [-0.39, 0.29) is 11.8 Å². The molecule has 2 unspecified atom stereocenters. The fraction of sp³-hybridized carbons (Fsp3) is 0.429. The molecule has 19 heavy (non-hydrogen) atoms. The number of hydrogen-bond acceptors (Lipinski definition) is 4. The second-order valence-corrected chi connectivity index (χ2v) is 5.45. The zero-order valence-electron chi connectivity index (χ0n) is 11.2. The van der Waals surface area contributed by atoms with Crippen molar-refractivity contribution in [1.82, 2.24) is 0 Å².